The topological polar surface area (TPSA) is 142 Å². The predicted molar refractivity (Wildman–Crippen MR) is 92.7 cm³/mol. The average molecular weight is 365 g/mol. The molecule has 0 saturated carbocycles. The van der Waals surface area contributed by atoms with E-state index in [4.69, 9.17) is 5.73 Å². The standard InChI is InChI=1S/C16H19N3O5S/c1-8-7-25-14(19-11(8)15(21)22)12(16(23)24)18-13(20)10(17)9-5-3-2-4-6-9/h2-6,10,12,14,19H,7,17H2,1H3,(H,18,20)(H,21,22)(H,23,24)/t10?,12-,14+/m0/s1. The Hall–Kier alpha value is -2.52. The monoisotopic (exact) mass is 365 g/mol. The zero-order valence-corrected chi connectivity index (χ0v) is 14.2. The van der Waals surface area contributed by atoms with Crippen LogP contribution < -0.4 is 16.4 Å². The van der Waals surface area contributed by atoms with E-state index in [1.54, 1.807) is 37.3 Å². The SMILES string of the molecule is CC1=C(C(=O)O)N[C@@H]([C@H](NC(=O)C(N)c2ccccc2)C(=O)O)SC1. The fourth-order valence-electron chi connectivity index (χ4n) is 2.34. The number of nitrogens with one attached hydrogen (secondary N) is 2. The molecule has 25 heavy (non-hydrogen) atoms. The van der Waals surface area contributed by atoms with Crippen LogP contribution >= 0.6 is 11.8 Å². The number of carbonyl (C=O) groups excluding carboxylic acids is 1. The minimum Gasteiger partial charge on any atom is -0.480 e. The number of amides is 1. The molecular formula is C16H19N3O5S. The van der Waals surface area contributed by atoms with Crippen molar-refractivity contribution < 1.29 is 24.6 Å². The second kappa shape index (κ2) is 8.04. The van der Waals surface area contributed by atoms with Crippen molar-refractivity contribution in [2.24, 2.45) is 5.73 Å². The van der Waals surface area contributed by atoms with Crippen molar-refractivity contribution in [1.29, 1.82) is 0 Å². The van der Waals surface area contributed by atoms with Gasteiger partial charge in [0.2, 0.25) is 5.91 Å². The molecule has 0 bridgehead atoms. The Morgan fingerprint density at radius 3 is 2.48 bits per heavy atom. The minimum atomic E-state index is -1.32. The fraction of sp³-hybridized carbons (Fsp3) is 0.312. The van der Waals surface area contributed by atoms with Gasteiger partial charge in [-0.15, -0.1) is 11.8 Å². The van der Waals surface area contributed by atoms with E-state index < -0.39 is 35.3 Å². The van der Waals surface area contributed by atoms with Crippen LogP contribution in [-0.4, -0.2) is 45.2 Å². The number of hydrogen-bond donors (Lipinski definition) is 5. The lowest BCUT2D eigenvalue weighted by Gasteiger charge is -2.31. The summed E-state index contributed by atoms with van der Waals surface area (Å²) in [5, 5.41) is 22.9. The molecule has 134 valence electrons. The molecule has 1 aromatic rings. The molecule has 1 amide bonds. The van der Waals surface area contributed by atoms with E-state index in [1.165, 1.54) is 11.8 Å². The van der Waals surface area contributed by atoms with Crippen LogP contribution in [0, 0.1) is 0 Å². The maximum atomic E-state index is 12.3. The van der Waals surface area contributed by atoms with Crippen molar-refractivity contribution in [2.45, 2.75) is 24.4 Å². The zero-order chi connectivity index (χ0) is 18.6. The van der Waals surface area contributed by atoms with Gasteiger partial charge in [-0.2, -0.15) is 0 Å². The molecule has 1 aromatic carbocycles. The van der Waals surface area contributed by atoms with Crippen molar-refractivity contribution in [3.63, 3.8) is 0 Å². The summed E-state index contributed by atoms with van der Waals surface area (Å²) in [6.45, 7) is 1.65. The van der Waals surface area contributed by atoms with Crippen molar-refractivity contribution in [1.82, 2.24) is 10.6 Å². The van der Waals surface area contributed by atoms with Crippen LogP contribution in [-0.2, 0) is 14.4 Å². The first kappa shape index (κ1) is 18.8. The summed E-state index contributed by atoms with van der Waals surface area (Å²) in [5.74, 6) is -2.74. The lowest BCUT2D eigenvalue weighted by molar-refractivity contribution is -0.142. The highest BCUT2D eigenvalue weighted by atomic mass is 32.2. The van der Waals surface area contributed by atoms with E-state index in [0.717, 1.165) is 0 Å². The molecule has 9 heteroatoms. The third kappa shape index (κ3) is 4.52. The number of aliphatic carboxylic acids is 2. The van der Waals surface area contributed by atoms with Crippen molar-refractivity contribution in [3.05, 3.63) is 47.2 Å². The van der Waals surface area contributed by atoms with Gasteiger partial charge in [0.15, 0.2) is 6.04 Å². The smallest absolute Gasteiger partial charge is 0.351 e. The summed E-state index contributed by atoms with van der Waals surface area (Å²) >= 11 is 1.21. The highest BCUT2D eigenvalue weighted by Gasteiger charge is 2.35. The highest BCUT2D eigenvalue weighted by Crippen LogP contribution is 2.25. The number of carbonyl (C=O) groups is 3. The molecule has 0 radical (unpaired) electrons. The van der Waals surface area contributed by atoms with Crippen LogP contribution in [0.2, 0.25) is 0 Å². The summed E-state index contributed by atoms with van der Waals surface area (Å²) < 4.78 is 0. The summed E-state index contributed by atoms with van der Waals surface area (Å²) in [6, 6.07) is 6.22. The molecule has 0 saturated heterocycles. The molecule has 8 nitrogen and oxygen atoms in total. The highest BCUT2D eigenvalue weighted by molar-refractivity contribution is 8.00. The molecule has 1 heterocycles. The first-order valence-electron chi connectivity index (χ1n) is 7.46. The number of nitrogens with two attached hydrogens (primary N) is 1. The maximum absolute atomic E-state index is 12.3. The van der Waals surface area contributed by atoms with Gasteiger partial charge in [0.05, 0.1) is 0 Å². The molecule has 1 unspecified atom stereocenters. The Morgan fingerprint density at radius 1 is 1.28 bits per heavy atom. The zero-order valence-electron chi connectivity index (χ0n) is 13.4. The molecular weight excluding hydrogens is 346 g/mol. The normalized spacial score (nSPS) is 19.5. The second-order valence-electron chi connectivity index (χ2n) is 5.55. The Balaban J connectivity index is 2.13. The van der Waals surface area contributed by atoms with E-state index in [-0.39, 0.29) is 5.70 Å². The Labute approximate surface area is 148 Å². The van der Waals surface area contributed by atoms with Gasteiger partial charge in [-0.05, 0) is 18.1 Å². The van der Waals surface area contributed by atoms with Crippen LogP contribution in [0.1, 0.15) is 18.5 Å². The summed E-state index contributed by atoms with van der Waals surface area (Å²) in [5.41, 5.74) is 6.99. The van der Waals surface area contributed by atoms with E-state index in [0.29, 0.717) is 16.9 Å². The number of carboxylic acids is 2. The van der Waals surface area contributed by atoms with Gasteiger partial charge < -0.3 is 26.6 Å². The minimum absolute atomic E-state index is 0.0448. The van der Waals surface area contributed by atoms with Crippen LogP contribution in [0.25, 0.3) is 0 Å². The van der Waals surface area contributed by atoms with Crippen molar-refractivity contribution >= 4 is 29.6 Å². The summed E-state index contributed by atoms with van der Waals surface area (Å²) in [7, 11) is 0. The number of rotatable bonds is 6. The van der Waals surface area contributed by atoms with Gasteiger partial charge in [0.25, 0.3) is 0 Å². The number of benzene rings is 1. The van der Waals surface area contributed by atoms with Gasteiger partial charge in [-0.25, -0.2) is 9.59 Å². The Bertz CT molecular complexity index is 707. The van der Waals surface area contributed by atoms with Crippen LogP contribution in [0.3, 0.4) is 0 Å². The maximum Gasteiger partial charge on any atom is 0.351 e. The van der Waals surface area contributed by atoms with E-state index >= 15 is 0 Å². The molecule has 1 aliphatic rings. The van der Waals surface area contributed by atoms with Gasteiger partial charge in [-0.1, -0.05) is 30.3 Å². The second-order valence-corrected chi connectivity index (χ2v) is 6.68. The average Bonchev–Trinajstić information content (AvgIpc) is 2.59. The van der Waals surface area contributed by atoms with Crippen molar-refractivity contribution in [2.75, 3.05) is 5.75 Å². The van der Waals surface area contributed by atoms with E-state index in [9.17, 15) is 24.6 Å². The van der Waals surface area contributed by atoms with Gasteiger partial charge in [0, 0.05) is 5.75 Å². The molecule has 0 aromatic heterocycles. The third-order valence-electron chi connectivity index (χ3n) is 3.71. The van der Waals surface area contributed by atoms with Gasteiger partial charge >= 0.3 is 11.9 Å². The first-order valence-corrected chi connectivity index (χ1v) is 8.51. The van der Waals surface area contributed by atoms with Crippen LogP contribution in [0.4, 0.5) is 0 Å². The number of hydrogen-bond acceptors (Lipinski definition) is 6. The molecule has 1 aliphatic heterocycles. The Morgan fingerprint density at radius 2 is 1.92 bits per heavy atom. The first-order chi connectivity index (χ1) is 11.8. The largest absolute Gasteiger partial charge is 0.480 e. The van der Waals surface area contributed by atoms with Crippen LogP contribution in [0.5, 0.6) is 0 Å². The van der Waals surface area contributed by atoms with E-state index in [1.807, 2.05) is 0 Å². The number of carboxylic acid groups (broad SMARTS) is 2. The lowest BCUT2D eigenvalue weighted by atomic mass is 10.1. The Kier molecular flexibility index (Phi) is 6.05. The third-order valence-corrected chi connectivity index (χ3v) is 5.06. The molecule has 0 fully saturated rings. The molecule has 0 spiro atoms. The predicted octanol–water partition coefficient (Wildman–Crippen LogP) is 0.277. The quantitative estimate of drug-likeness (QED) is 0.484. The number of thioether (sulfide) groups is 1. The summed E-state index contributed by atoms with van der Waals surface area (Å²) in [6.07, 6.45) is 0. The fourth-order valence-corrected chi connectivity index (χ4v) is 3.49. The van der Waals surface area contributed by atoms with E-state index in [2.05, 4.69) is 10.6 Å². The lowest BCUT2D eigenvalue weighted by Crippen LogP contribution is -2.55. The molecule has 6 N–H and O–H groups in total. The van der Waals surface area contributed by atoms with Crippen molar-refractivity contribution in [3.8, 4) is 0 Å². The molecule has 3 atom stereocenters. The summed E-state index contributed by atoms with van der Waals surface area (Å²) in [4.78, 5) is 35.1. The van der Waals surface area contributed by atoms with Gasteiger partial charge in [-0.3, -0.25) is 4.79 Å². The van der Waals surface area contributed by atoms with Gasteiger partial charge in [0.1, 0.15) is 17.1 Å². The van der Waals surface area contributed by atoms with Crippen LogP contribution in [0.15, 0.2) is 41.6 Å². The molecule has 2 rings (SSSR count). The molecule has 0 aliphatic carbocycles.